The van der Waals surface area contributed by atoms with Crippen LogP contribution in [0.2, 0.25) is 0 Å². The summed E-state index contributed by atoms with van der Waals surface area (Å²) in [6, 6.07) is 8.08. The largest absolute Gasteiger partial charge is 0.758 e. The second kappa shape index (κ2) is 8.72. The van der Waals surface area contributed by atoms with Gasteiger partial charge in [-0.05, 0) is 49.4 Å². The lowest BCUT2D eigenvalue weighted by Gasteiger charge is -2.36. The van der Waals surface area contributed by atoms with Gasteiger partial charge < -0.3 is 19.7 Å². The fourth-order valence-corrected chi connectivity index (χ4v) is 4.42. The van der Waals surface area contributed by atoms with E-state index in [-0.39, 0.29) is 18.3 Å². The van der Waals surface area contributed by atoms with E-state index < -0.39 is 12.0 Å². The molecule has 0 spiro atoms. The Labute approximate surface area is 175 Å². The van der Waals surface area contributed by atoms with Crippen molar-refractivity contribution in [3.8, 4) is 17.6 Å². The zero-order valence-corrected chi connectivity index (χ0v) is 16.9. The standard InChI is InChI=1S/C23H24N3O4/c1-29-21-13-15(7-8-20(21)30-16-5-3-2-4-6-16)17(9-11-24)22-23(27)18-14-25-12-10-19(18)26(22)28/h7-8,10,12-14,16-17,22H,2-6,9H2,1H3/q-1. The van der Waals surface area contributed by atoms with Crippen LogP contribution in [0.4, 0.5) is 5.69 Å². The molecule has 1 fully saturated rings. The van der Waals surface area contributed by atoms with Gasteiger partial charge in [0.2, 0.25) is 0 Å². The van der Waals surface area contributed by atoms with Crippen LogP contribution in [0.1, 0.15) is 60.4 Å². The number of aromatic nitrogens is 1. The smallest absolute Gasteiger partial charge is 0.188 e. The Kier molecular flexibility index (Phi) is 5.86. The molecule has 156 valence electrons. The zero-order chi connectivity index (χ0) is 21.1. The van der Waals surface area contributed by atoms with Crippen LogP contribution in [-0.2, 0) is 0 Å². The third-order valence-corrected chi connectivity index (χ3v) is 5.98. The number of methoxy groups -OCH3 is 1. The van der Waals surface area contributed by atoms with Crippen molar-refractivity contribution in [3.63, 3.8) is 0 Å². The number of fused-ring (bicyclic) bond motifs is 1. The van der Waals surface area contributed by atoms with E-state index in [2.05, 4.69) is 11.1 Å². The maximum atomic E-state index is 12.9. The molecule has 0 radical (unpaired) electrons. The molecular formula is C23H24N3O4-. The molecule has 1 aromatic heterocycles. The molecule has 7 heteroatoms. The van der Waals surface area contributed by atoms with Crippen LogP contribution < -0.4 is 14.5 Å². The molecule has 2 aliphatic rings. The van der Waals surface area contributed by atoms with Crippen molar-refractivity contribution in [2.45, 2.75) is 56.6 Å². The van der Waals surface area contributed by atoms with Crippen LogP contribution in [0.3, 0.4) is 0 Å². The molecule has 2 heterocycles. The molecule has 0 saturated heterocycles. The number of nitriles is 1. The van der Waals surface area contributed by atoms with E-state index in [1.807, 2.05) is 12.1 Å². The van der Waals surface area contributed by atoms with Crippen molar-refractivity contribution in [2.24, 2.45) is 0 Å². The summed E-state index contributed by atoms with van der Waals surface area (Å²) >= 11 is 0. The molecule has 0 amide bonds. The summed E-state index contributed by atoms with van der Waals surface area (Å²) < 4.78 is 11.7. The van der Waals surface area contributed by atoms with Crippen LogP contribution in [-0.4, -0.2) is 30.0 Å². The molecular weight excluding hydrogens is 382 g/mol. The molecule has 2 unspecified atom stereocenters. The number of hydrogen-bond donors (Lipinski definition) is 0. The van der Waals surface area contributed by atoms with Gasteiger partial charge in [0.1, 0.15) is 0 Å². The first-order valence-electron chi connectivity index (χ1n) is 10.3. The third-order valence-electron chi connectivity index (χ3n) is 5.98. The number of hydrogen-bond acceptors (Lipinski definition) is 7. The lowest BCUT2D eigenvalue weighted by molar-refractivity contribution is 0.0961. The number of carbonyl (C=O) groups excluding carboxylic acids is 1. The van der Waals surface area contributed by atoms with Gasteiger partial charge in [0.05, 0.1) is 30.9 Å². The van der Waals surface area contributed by atoms with Gasteiger partial charge in [0.25, 0.3) is 0 Å². The van der Waals surface area contributed by atoms with Crippen LogP contribution in [0.15, 0.2) is 36.7 Å². The van der Waals surface area contributed by atoms with E-state index in [1.165, 1.54) is 24.9 Å². The first-order chi connectivity index (χ1) is 14.6. The Hall–Kier alpha value is -3.11. The molecule has 4 rings (SSSR count). The normalized spacial score (nSPS) is 19.8. The van der Waals surface area contributed by atoms with E-state index in [4.69, 9.17) is 9.47 Å². The van der Waals surface area contributed by atoms with Crippen molar-refractivity contribution in [1.82, 2.24) is 4.98 Å². The van der Waals surface area contributed by atoms with E-state index >= 15 is 0 Å². The molecule has 7 nitrogen and oxygen atoms in total. The quantitative estimate of drug-likeness (QED) is 0.702. The number of hydroxylamine groups is 1. The van der Waals surface area contributed by atoms with Crippen LogP contribution in [0, 0.1) is 16.5 Å². The first kappa shape index (κ1) is 20.2. The van der Waals surface area contributed by atoms with Gasteiger partial charge in [-0.2, -0.15) is 5.26 Å². The van der Waals surface area contributed by atoms with E-state index in [0.717, 1.165) is 25.7 Å². The van der Waals surface area contributed by atoms with Crippen molar-refractivity contribution >= 4 is 11.5 Å². The second-order valence-electron chi connectivity index (χ2n) is 7.78. The van der Waals surface area contributed by atoms with E-state index in [1.54, 1.807) is 13.2 Å². The minimum absolute atomic E-state index is 0.0303. The van der Waals surface area contributed by atoms with Crippen molar-refractivity contribution < 1.29 is 14.3 Å². The van der Waals surface area contributed by atoms with Crippen LogP contribution in [0.25, 0.3) is 0 Å². The molecule has 1 aromatic carbocycles. The fourth-order valence-electron chi connectivity index (χ4n) is 4.42. The van der Waals surface area contributed by atoms with Crippen LogP contribution >= 0.6 is 0 Å². The minimum atomic E-state index is -1.00. The minimum Gasteiger partial charge on any atom is -0.758 e. The van der Waals surface area contributed by atoms with Gasteiger partial charge in [0, 0.05) is 30.4 Å². The average molecular weight is 406 g/mol. The zero-order valence-electron chi connectivity index (χ0n) is 16.9. The predicted molar refractivity (Wildman–Crippen MR) is 112 cm³/mol. The summed E-state index contributed by atoms with van der Waals surface area (Å²) in [7, 11) is 1.56. The molecule has 2 atom stereocenters. The highest BCUT2D eigenvalue weighted by Crippen LogP contribution is 2.41. The van der Waals surface area contributed by atoms with Crippen molar-refractivity contribution in [1.29, 1.82) is 5.26 Å². The summed E-state index contributed by atoms with van der Waals surface area (Å²) in [6.07, 6.45) is 8.71. The number of pyridine rings is 1. The van der Waals surface area contributed by atoms with Gasteiger partial charge >= 0.3 is 0 Å². The van der Waals surface area contributed by atoms with Gasteiger partial charge in [-0.3, -0.25) is 9.78 Å². The fraction of sp³-hybridized carbons (Fsp3) is 0.435. The summed E-state index contributed by atoms with van der Waals surface area (Å²) in [6.45, 7) is 0. The Balaban J connectivity index is 1.63. The van der Waals surface area contributed by atoms with Crippen LogP contribution in [0.5, 0.6) is 11.5 Å². The molecule has 2 aromatic rings. The summed E-state index contributed by atoms with van der Waals surface area (Å²) in [5, 5.41) is 23.0. The Morgan fingerprint density at radius 1 is 1.27 bits per heavy atom. The van der Waals surface area contributed by atoms with Crippen molar-refractivity contribution in [3.05, 3.63) is 53.0 Å². The molecule has 1 aliphatic heterocycles. The number of carbonyl (C=O) groups is 1. The van der Waals surface area contributed by atoms with Gasteiger partial charge in [-0.15, -0.1) is 0 Å². The Bertz CT molecular complexity index is 965. The summed E-state index contributed by atoms with van der Waals surface area (Å²) in [4.78, 5) is 16.9. The SMILES string of the molecule is COc1cc(C(CC#N)C2C(=O)c3cnccc3N2[O-])ccc1OC1CCCCC1. The monoisotopic (exact) mass is 406 g/mol. The number of Topliss-reactive ketones (excluding diaryl/α,β-unsaturated/α-hetero) is 1. The van der Waals surface area contributed by atoms with Gasteiger partial charge in [-0.1, -0.05) is 12.5 Å². The van der Waals surface area contributed by atoms with E-state index in [0.29, 0.717) is 33.4 Å². The number of anilines is 1. The number of ether oxygens (including phenoxy) is 2. The maximum absolute atomic E-state index is 12.9. The Morgan fingerprint density at radius 3 is 2.77 bits per heavy atom. The molecule has 30 heavy (non-hydrogen) atoms. The number of ketones is 1. The molecule has 0 N–H and O–H groups in total. The lowest BCUT2D eigenvalue weighted by atomic mass is 9.86. The highest BCUT2D eigenvalue weighted by Gasteiger charge is 2.39. The van der Waals surface area contributed by atoms with Crippen molar-refractivity contribution in [2.75, 3.05) is 12.2 Å². The summed E-state index contributed by atoms with van der Waals surface area (Å²) in [5.41, 5.74) is 1.29. The molecule has 0 bridgehead atoms. The maximum Gasteiger partial charge on any atom is 0.188 e. The topological polar surface area (TPSA) is 98.5 Å². The van der Waals surface area contributed by atoms with E-state index in [9.17, 15) is 15.3 Å². The summed E-state index contributed by atoms with van der Waals surface area (Å²) in [5.74, 6) is 0.288. The van der Waals surface area contributed by atoms with Gasteiger partial charge in [0.15, 0.2) is 17.3 Å². The third kappa shape index (κ3) is 3.71. The predicted octanol–water partition coefficient (Wildman–Crippen LogP) is 4.37. The number of nitrogens with zero attached hydrogens (tertiary/aromatic N) is 3. The Morgan fingerprint density at radius 2 is 2.07 bits per heavy atom. The highest BCUT2D eigenvalue weighted by atomic mass is 16.5. The molecule has 1 saturated carbocycles. The first-order valence-corrected chi connectivity index (χ1v) is 10.3. The number of benzene rings is 1. The second-order valence-corrected chi connectivity index (χ2v) is 7.78. The highest BCUT2D eigenvalue weighted by molar-refractivity contribution is 6.11. The number of rotatable bonds is 6. The molecule has 1 aliphatic carbocycles. The lowest BCUT2D eigenvalue weighted by Crippen LogP contribution is -2.36. The average Bonchev–Trinajstić information content (AvgIpc) is 3.03. The van der Waals surface area contributed by atoms with Gasteiger partial charge in [-0.25, -0.2) is 0 Å².